The van der Waals surface area contributed by atoms with E-state index in [2.05, 4.69) is 15.6 Å². The molecule has 0 fully saturated rings. The summed E-state index contributed by atoms with van der Waals surface area (Å²) in [5.41, 5.74) is 2.79. The molecule has 0 aliphatic rings. The van der Waals surface area contributed by atoms with Crippen LogP contribution in [0.3, 0.4) is 0 Å². The first-order valence-corrected chi connectivity index (χ1v) is 11.1. The molecule has 7 heteroatoms. The van der Waals surface area contributed by atoms with Gasteiger partial charge < -0.3 is 10.6 Å². The lowest BCUT2D eigenvalue weighted by Gasteiger charge is -2.12. The van der Waals surface area contributed by atoms with Crippen molar-refractivity contribution in [1.29, 1.82) is 0 Å². The summed E-state index contributed by atoms with van der Waals surface area (Å²) in [5, 5.41) is 7.28. The summed E-state index contributed by atoms with van der Waals surface area (Å²) in [5.74, 6) is 0.717. The van der Waals surface area contributed by atoms with E-state index in [9.17, 15) is 8.42 Å². The lowest BCUT2D eigenvalue weighted by Crippen LogP contribution is -2.38. The van der Waals surface area contributed by atoms with Gasteiger partial charge in [-0.25, -0.2) is 13.4 Å². The zero-order valence-corrected chi connectivity index (χ0v) is 17.5. The van der Waals surface area contributed by atoms with Crippen molar-refractivity contribution in [3.63, 3.8) is 0 Å². The van der Waals surface area contributed by atoms with E-state index in [4.69, 9.17) is 11.6 Å². The zero-order valence-electron chi connectivity index (χ0n) is 15.9. The van der Waals surface area contributed by atoms with Crippen LogP contribution in [0, 0.1) is 6.92 Å². The highest BCUT2D eigenvalue weighted by Gasteiger charge is 2.10. The number of aryl methyl sites for hydroxylation is 1. The number of rotatable bonds is 7. The predicted molar refractivity (Wildman–Crippen MR) is 112 cm³/mol. The molecule has 0 aliphatic heterocycles. The normalized spacial score (nSPS) is 12.1. The van der Waals surface area contributed by atoms with Crippen LogP contribution < -0.4 is 10.6 Å². The van der Waals surface area contributed by atoms with Crippen LogP contribution in [-0.4, -0.2) is 33.7 Å². The van der Waals surface area contributed by atoms with Crippen LogP contribution in [0.2, 0.25) is 5.02 Å². The molecule has 0 saturated heterocycles. The Labute approximate surface area is 166 Å². The fourth-order valence-corrected chi connectivity index (χ4v) is 3.94. The fourth-order valence-electron chi connectivity index (χ4n) is 2.75. The van der Waals surface area contributed by atoms with E-state index >= 15 is 0 Å². The van der Waals surface area contributed by atoms with Gasteiger partial charge in [0.1, 0.15) is 0 Å². The van der Waals surface area contributed by atoms with Gasteiger partial charge in [-0.1, -0.05) is 41.9 Å². The highest BCUT2D eigenvalue weighted by molar-refractivity contribution is 7.90. The highest BCUT2D eigenvalue weighted by atomic mass is 35.5. The van der Waals surface area contributed by atoms with E-state index in [0.717, 1.165) is 40.6 Å². The van der Waals surface area contributed by atoms with E-state index in [1.54, 1.807) is 19.1 Å². The Hall–Kier alpha value is -2.05. The van der Waals surface area contributed by atoms with E-state index in [0.29, 0.717) is 18.0 Å². The van der Waals surface area contributed by atoms with Gasteiger partial charge in [0, 0.05) is 24.4 Å². The lowest BCUT2D eigenvalue weighted by molar-refractivity contribution is 0.601. The maximum Gasteiger partial charge on any atom is 0.191 e. The average molecular weight is 408 g/mol. The monoisotopic (exact) mass is 407 g/mol. The third-order valence-corrected chi connectivity index (χ3v) is 5.67. The summed E-state index contributed by atoms with van der Waals surface area (Å²) < 4.78 is 23.4. The molecular weight excluding hydrogens is 382 g/mol. The van der Waals surface area contributed by atoms with Gasteiger partial charge >= 0.3 is 0 Å². The highest BCUT2D eigenvalue weighted by Crippen LogP contribution is 2.17. The molecule has 0 radical (unpaired) electrons. The average Bonchev–Trinajstić information content (AvgIpc) is 2.60. The number of nitrogens with one attached hydrogen (secondary N) is 2. The Morgan fingerprint density at radius 3 is 2.52 bits per heavy atom. The van der Waals surface area contributed by atoms with Crippen LogP contribution in [0.5, 0.6) is 0 Å². The largest absolute Gasteiger partial charge is 0.357 e. The Bertz CT molecular complexity index is 911. The van der Waals surface area contributed by atoms with Crippen molar-refractivity contribution < 1.29 is 8.42 Å². The predicted octanol–water partition coefficient (Wildman–Crippen LogP) is 3.35. The van der Waals surface area contributed by atoms with E-state index in [1.165, 1.54) is 6.26 Å². The zero-order chi connectivity index (χ0) is 19.9. The van der Waals surface area contributed by atoms with Crippen LogP contribution in [-0.2, 0) is 22.8 Å². The molecule has 2 aromatic carbocycles. The Balaban J connectivity index is 2.00. The van der Waals surface area contributed by atoms with Crippen molar-refractivity contribution in [2.75, 3.05) is 19.3 Å². The maximum absolute atomic E-state index is 11.7. The number of aliphatic imine (C=N–C) groups is 1. The number of hydrogen-bond acceptors (Lipinski definition) is 3. The van der Waals surface area contributed by atoms with Gasteiger partial charge in [-0.2, -0.15) is 0 Å². The molecule has 2 aromatic rings. The molecule has 0 atom stereocenters. The molecule has 0 aromatic heterocycles. The fraction of sp³-hybridized carbons (Fsp3) is 0.350. The van der Waals surface area contributed by atoms with Crippen LogP contribution in [0.1, 0.15) is 23.6 Å². The standard InChI is InChI=1S/C20H26ClN3O2S/c1-4-22-20(23-12-11-17-7-5-6-8-18(17)21)24-14-16-9-10-19(15(2)13-16)27(3,25)26/h5-10,13H,4,11-12,14H2,1-3H3,(H2,22,23,24). The number of nitrogens with zero attached hydrogens (tertiary/aromatic N) is 1. The second-order valence-electron chi connectivity index (χ2n) is 6.34. The van der Waals surface area contributed by atoms with Crippen molar-refractivity contribution >= 4 is 27.4 Å². The molecular formula is C20H26ClN3O2S. The van der Waals surface area contributed by atoms with Crippen molar-refractivity contribution in [3.05, 3.63) is 64.2 Å². The van der Waals surface area contributed by atoms with Crippen molar-refractivity contribution in [2.24, 2.45) is 4.99 Å². The molecule has 5 nitrogen and oxygen atoms in total. The van der Waals surface area contributed by atoms with E-state index in [1.807, 2.05) is 37.3 Å². The minimum Gasteiger partial charge on any atom is -0.357 e. The third-order valence-electron chi connectivity index (χ3n) is 4.05. The van der Waals surface area contributed by atoms with E-state index < -0.39 is 9.84 Å². The van der Waals surface area contributed by atoms with Crippen LogP contribution in [0.25, 0.3) is 0 Å². The van der Waals surface area contributed by atoms with Gasteiger partial charge in [0.2, 0.25) is 0 Å². The summed E-state index contributed by atoms with van der Waals surface area (Å²) in [6.45, 7) is 5.74. The van der Waals surface area contributed by atoms with Crippen LogP contribution in [0.4, 0.5) is 0 Å². The first-order valence-electron chi connectivity index (χ1n) is 8.86. The Morgan fingerprint density at radius 2 is 1.89 bits per heavy atom. The quantitative estimate of drug-likeness (QED) is 0.545. The molecule has 0 bridgehead atoms. The number of guanidine groups is 1. The van der Waals surface area contributed by atoms with Gasteiger partial charge in [-0.05, 0) is 49.1 Å². The minimum absolute atomic E-state index is 0.361. The molecule has 2 N–H and O–H groups in total. The summed E-state index contributed by atoms with van der Waals surface area (Å²) >= 11 is 6.19. The number of hydrogen-bond donors (Lipinski definition) is 2. The summed E-state index contributed by atoms with van der Waals surface area (Å²) in [6.07, 6.45) is 2.02. The summed E-state index contributed by atoms with van der Waals surface area (Å²) in [4.78, 5) is 4.94. The van der Waals surface area contributed by atoms with Gasteiger partial charge in [0.15, 0.2) is 15.8 Å². The summed E-state index contributed by atoms with van der Waals surface area (Å²) in [6, 6.07) is 13.1. The molecule has 0 spiro atoms. The number of sulfone groups is 1. The van der Waals surface area contributed by atoms with Crippen LogP contribution in [0.15, 0.2) is 52.4 Å². The molecule has 0 heterocycles. The van der Waals surface area contributed by atoms with Crippen molar-refractivity contribution in [1.82, 2.24) is 10.6 Å². The number of benzene rings is 2. The summed E-state index contributed by atoms with van der Waals surface area (Å²) in [7, 11) is -3.20. The second kappa shape index (κ2) is 9.76. The van der Waals surface area contributed by atoms with Gasteiger partial charge in [0.05, 0.1) is 11.4 Å². The first-order chi connectivity index (χ1) is 12.8. The molecule has 146 valence electrons. The van der Waals surface area contributed by atoms with Gasteiger partial charge in [-0.3, -0.25) is 0 Å². The molecule has 0 unspecified atom stereocenters. The van der Waals surface area contributed by atoms with Crippen molar-refractivity contribution in [3.8, 4) is 0 Å². The lowest BCUT2D eigenvalue weighted by atomic mass is 10.1. The Kier molecular flexibility index (Phi) is 7.68. The SMILES string of the molecule is CCNC(=NCc1ccc(S(C)(=O)=O)c(C)c1)NCCc1ccccc1Cl. The first kappa shape index (κ1) is 21.3. The minimum atomic E-state index is -3.20. The van der Waals surface area contributed by atoms with Crippen LogP contribution >= 0.6 is 11.6 Å². The molecule has 27 heavy (non-hydrogen) atoms. The third kappa shape index (κ3) is 6.56. The van der Waals surface area contributed by atoms with Crippen molar-refractivity contribution in [2.45, 2.75) is 31.7 Å². The molecule has 2 rings (SSSR count). The number of halogens is 1. The van der Waals surface area contributed by atoms with Gasteiger partial charge in [0.25, 0.3) is 0 Å². The van der Waals surface area contributed by atoms with E-state index in [-0.39, 0.29) is 0 Å². The molecule has 0 aliphatic carbocycles. The smallest absolute Gasteiger partial charge is 0.191 e. The topological polar surface area (TPSA) is 70.6 Å². The maximum atomic E-state index is 11.7. The molecule has 0 saturated carbocycles. The Morgan fingerprint density at radius 1 is 1.15 bits per heavy atom. The second-order valence-corrected chi connectivity index (χ2v) is 8.73. The molecule has 0 amide bonds. The van der Waals surface area contributed by atoms with Gasteiger partial charge in [-0.15, -0.1) is 0 Å².